The topological polar surface area (TPSA) is 244 Å². The lowest BCUT2D eigenvalue weighted by atomic mass is 9.98. The van der Waals surface area contributed by atoms with E-state index in [9.17, 15) is 45.3 Å². The van der Waals surface area contributed by atoms with Crippen LogP contribution in [0.25, 0.3) is 22.3 Å². The standard InChI is InChI=1S/C29H32O16/c1-12(31)40-9-21-23(35)24(36)25(45-28-26(37)29(38,10-30)11-41-28)27(44-21)42-14-6-16(33)22-17(34)8-18(43-20(22)7-14)13-3-4-15(32)19(5-13)39-2/h3-8,21,23-28,30,32-33,35-38H,9-11H2,1-2H3/t21-,23-,24+,25-,26+,27-,28+,29-/m1/s1. The lowest BCUT2D eigenvalue weighted by Gasteiger charge is -2.42. The van der Waals surface area contributed by atoms with E-state index in [2.05, 4.69) is 0 Å². The SMILES string of the molecule is COc1cc(-c2cc(=O)c3c(O)cc(O[C@@H]4O[C@H](COC(C)=O)[C@@H](O)[C@H](O)[C@H]4O[C@@H]4OC[C@](O)(CO)[C@H]4O)cc3o2)ccc1O. The van der Waals surface area contributed by atoms with E-state index in [1.807, 2.05) is 0 Å². The van der Waals surface area contributed by atoms with Gasteiger partial charge in [-0.3, -0.25) is 9.59 Å². The number of hydrogen-bond donors (Lipinski definition) is 7. The van der Waals surface area contributed by atoms with Crippen molar-refractivity contribution in [2.24, 2.45) is 0 Å². The highest BCUT2D eigenvalue weighted by Crippen LogP contribution is 2.37. The van der Waals surface area contributed by atoms with Crippen molar-refractivity contribution >= 4 is 16.9 Å². The van der Waals surface area contributed by atoms with Crippen molar-refractivity contribution in [3.05, 3.63) is 46.6 Å². The fraction of sp³-hybridized carbons (Fsp3) is 0.448. The minimum absolute atomic E-state index is 0.0567. The average Bonchev–Trinajstić information content (AvgIpc) is 3.28. The summed E-state index contributed by atoms with van der Waals surface area (Å²) in [7, 11) is 1.35. The maximum Gasteiger partial charge on any atom is 0.302 e. The second-order valence-corrected chi connectivity index (χ2v) is 10.6. The molecule has 7 N–H and O–H groups in total. The lowest BCUT2D eigenvalue weighted by Crippen LogP contribution is -2.62. The van der Waals surface area contributed by atoms with E-state index in [-0.39, 0.29) is 34.0 Å². The molecule has 0 bridgehead atoms. The number of methoxy groups -OCH3 is 1. The number of aromatic hydroxyl groups is 2. The zero-order valence-electron chi connectivity index (χ0n) is 23.9. The maximum atomic E-state index is 13.0. The van der Waals surface area contributed by atoms with E-state index in [4.69, 9.17) is 32.8 Å². The fourth-order valence-corrected chi connectivity index (χ4v) is 4.97. The molecule has 3 aromatic rings. The van der Waals surface area contributed by atoms with Crippen molar-refractivity contribution in [3.8, 4) is 34.3 Å². The highest BCUT2D eigenvalue weighted by Gasteiger charge is 2.53. The summed E-state index contributed by atoms with van der Waals surface area (Å²) in [5.74, 6) is -1.37. The Morgan fingerprint density at radius 3 is 2.47 bits per heavy atom. The largest absolute Gasteiger partial charge is 0.507 e. The van der Waals surface area contributed by atoms with Gasteiger partial charge in [0.15, 0.2) is 29.3 Å². The zero-order valence-corrected chi connectivity index (χ0v) is 23.9. The van der Waals surface area contributed by atoms with Gasteiger partial charge in [0, 0.05) is 30.7 Å². The van der Waals surface area contributed by atoms with Gasteiger partial charge in [-0.25, -0.2) is 0 Å². The van der Waals surface area contributed by atoms with Crippen LogP contribution in [0.15, 0.2) is 45.6 Å². The van der Waals surface area contributed by atoms with Crippen LogP contribution in [0.3, 0.4) is 0 Å². The third kappa shape index (κ3) is 6.40. The number of hydrogen-bond acceptors (Lipinski definition) is 16. The van der Waals surface area contributed by atoms with Crippen LogP contribution in [0.5, 0.6) is 23.0 Å². The summed E-state index contributed by atoms with van der Waals surface area (Å²) < 4.78 is 38.5. The van der Waals surface area contributed by atoms with Gasteiger partial charge < -0.3 is 68.6 Å². The van der Waals surface area contributed by atoms with Gasteiger partial charge in [-0.2, -0.15) is 0 Å². The molecule has 3 heterocycles. The molecule has 244 valence electrons. The number of benzene rings is 2. The first-order chi connectivity index (χ1) is 21.3. The van der Waals surface area contributed by atoms with Crippen LogP contribution < -0.4 is 14.9 Å². The minimum Gasteiger partial charge on any atom is -0.507 e. The number of esters is 1. The molecule has 0 amide bonds. The molecule has 2 aliphatic rings. The first kappa shape index (κ1) is 32.4. The Hall–Kier alpha value is -4.00. The summed E-state index contributed by atoms with van der Waals surface area (Å²) >= 11 is 0. The summed E-state index contributed by atoms with van der Waals surface area (Å²) in [6.45, 7) is -0.759. The third-order valence-corrected chi connectivity index (χ3v) is 7.47. The average molecular weight is 637 g/mol. The quantitative estimate of drug-likeness (QED) is 0.141. The van der Waals surface area contributed by atoms with Crippen molar-refractivity contribution in [3.63, 3.8) is 0 Å². The number of rotatable bonds is 9. The molecular weight excluding hydrogens is 604 g/mol. The third-order valence-electron chi connectivity index (χ3n) is 7.47. The van der Waals surface area contributed by atoms with Gasteiger partial charge in [0.1, 0.15) is 64.9 Å². The zero-order chi connectivity index (χ0) is 32.6. The molecule has 2 saturated heterocycles. The highest BCUT2D eigenvalue weighted by atomic mass is 16.8. The van der Waals surface area contributed by atoms with Gasteiger partial charge in [-0.15, -0.1) is 0 Å². The second-order valence-electron chi connectivity index (χ2n) is 10.6. The molecule has 0 saturated carbocycles. The first-order valence-corrected chi connectivity index (χ1v) is 13.6. The molecule has 16 nitrogen and oxygen atoms in total. The van der Waals surface area contributed by atoms with Crippen molar-refractivity contribution in [1.82, 2.24) is 0 Å². The minimum atomic E-state index is -2.07. The van der Waals surface area contributed by atoms with Crippen molar-refractivity contribution in [2.45, 2.75) is 55.6 Å². The Labute approximate surface area is 254 Å². The van der Waals surface area contributed by atoms with Crippen molar-refractivity contribution in [1.29, 1.82) is 0 Å². The molecular formula is C29H32O16. The molecule has 8 atom stereocenters. The van der Waals surface area contributed by atoms with E-state index in [1.54, 1.807) is 0 Å². The number of aliphatic hydroxyl groups is 5. The van der Waals surface area contributed by atoms with Crippen LogP contribution in [0.4, 0.5) is 0 Å². The number of phenols is 2. The molecule has 0 unspecified atom stereocenters. The van der Waals surface area contributed by atoms with Gasteiger partial charge >= 0.3 is 5.97 Å². The van der Waals surface area contributed by atoms with E-state index in [0.717, 1.165) is 19.1 Å². The van der Waals surface area contributed by atoms with Crippen LogP contribution in [0, 0.1) is 0 Å². The Bertz CT molecular complexity index is 1610. The van der Waals surface area contributed by atoms with Gasteiger partial charge in [0.25, 0.3) is 0 Å². The van der Waals surface area contributed by atoms with Gasteiger partial charge in [-0.1, -0.05) is 0 Å². The molecule has 2 aromatic carbocycles. The number of ether oxygens (including phenoxy) is 6. The van der Waals surface area contributed by atoms with E-state index in [1.165, 1.54) is 31.4 Å². The Morgan fingerprint density at radius 2 is 1.80 bits per heavy atom. The summed E-state index contributed by atoms with van der Waals surface area (Å²) in [5.41, 5.74) is -2.45. The second kappa shape index (κ2) is 12.8. The van der Waals surface area contributed by atoms with Crippen LogP contribution in [-0.4, -0.2) is 117 Å². The number of aliphatic hydroxyl groups excluding tert-OH is 4. The van der Waals surface area contributed by atoms with Crippen LogP contribution >= 0.6 is 0 Å². The number of fused-ring (bicyclic) bond motifs is 1. The van der Waals surface area contributed by atoms with Gasteiger partial charge in [0.2, 0.25) is 6.29 Å². The lowest BCUT2D eigenvalue weighted by molar-refractivity contribution is -0.319. The summed E-state index contributed by atoms with van der Waals surface area (Å²) in [4.78, 5) is 24.3. The molecule has 0 spiro atoms. The monoisotopic (exact) mass is 636 g/mol. The Kier molecular flexibility index (Phi) is 9.20. The molecule has 5 rings (SSSR count). The van der Waals surface area contributed by atoms with Crippen molar-refractivity contribution in [2.75, 3.05) is 26.9 Å². The first-order valence-electron chi connectivity index (χ1n) is 13.6. The summed E-state index contributed by atoms with van der Waals surface area (Å²) in [6, 6.07) is 7.70. The summed E-state index contributed by atoms with van der Waals surface area (Å²) in [5, 5.41) is 72.4. The predicted octanol–water partition coefficient (Wildman–Crippen LogP) is -0.906. The fourth-order valence-electron chi connectivity index (χ4n) is 4.97. The Balaban J connectivity index is 1.49. The molecule has 2 aliphatic heterocycles. The normalized spacial score (nSPS) is 29.9. The molecule has 0 radical (unpaired) electrons. The van der Waals surface area contributed by atoms with E-state index >= 15 is 0 Å². The number of carbonyl (C=O) groups excluding carboxylic acids is 1. The molecule has 2 fully saturated rings. The van der Waals surface area contributed by atoms with Crippen molar-refractivity contribution < 1.29 is 73.4 Å². The van der Waals surface area contributed by atoms with E-state index in [0.29, 0.717) is 5.56 Å². The predicted molar refractivity (Wildman–Crippen MR) is 148 cm³/mol. The van der Waals surface area contributed by atoms with E-state index < -0.39 is 85.7 Å². The molecule has 0 aliphatic carbocycles. The van der Waals surface area contributed by atoms with Crippen LogP contribution in [0.1, 0.15) is 6.92 Å². The smallest absolute Gasteiger partial charge is 0.302 e. The van der Waals surface area contributed by atoms with Crippen LogP contribution in [-0.2, 0) is 23.7 Å². The Morgan fingerprint density at radius 1 is 1.04 bits per heavy atom. The molecule has 16 heteroatoms. The van der Waals surface area contributed by atoms with Crippen LogP contribution in [0.2, 0.25) is 0 Å². The highest BCUT2D eigenvalue weighted by molar-refractivity contribution is 5.86. The maximum absolute atomic E-state index is 13.0. The molecule has 45 heavy (non-hydrogen) atoms. The van der Waals surface area contributed by atoms with Gasteiger partial charge in [0.05, 0.1) is 20.3 Å². The number of carbonyl (C=O) groups is 1. The molecule has 1 aromatic heterocycles. The van der Waals surface area contributed by atoms with Gasteiger partial charge in [-0.05, 0) is 18.2 Å². The number of phenolic OH excluding ortho intramolecular Hbond substituents is 2. The summed E-state index contributed by atoms with van der Waals surface area (Å²) in [6.07, 6.45) is -11.5.